The molecule has 0 aliphatic carbocycles. The van der Waals surface area contributed by atoms with Crippen LogP contribution in [0.5, 0.6) is 5.75 Å². The topological polar surface area (TPSA) is 72.8 Å². The van der Waals surface area contributed by atoms with Crippen LogP contribution in [-0.2, 0) is 20.7 Å². The first-order chi connectivity index (χ1) is 8.97. The first-order valence-corrected chi connectivity index (χ1v) is 6.06. The van der Waals surface area contributed by atoms with Crippen LogP contribution in [0, 0.1) is 5.92 Å². The minimum Gasteiger partial charge on any atom is -0.482 e. The Hall–Kier alpha value is -2.04. The van der Waals surface area contributed by atoms with E-state index < -0.39 is 11.9 Å². The Morgan fingerprint density at radius 2 is 1.84 bits per heavy atom. The first kappa shape index (κ1) is 15.0. The Morgan fingerprint density at radius 3 is 2.37 bits per heavy atom. The van der Waals surface area contributed by atoms with Gasteiger partial charge in [-0.15, -0.1) is 0 Å². The van der Waals surface area contributed by atoms with Gasteiger partial charge >= 0.3 is 11.9 Å². The maximum atomic E-state index is 11.3. The van der Waals surface area contributed by atoms with Gasteiger partial charge in [-0.2, -0.15) is 0 Å². The van der Waals surface area contributed by atoms with Crippen LogP contribution >= 0.6 is 0 Å². The molecule has 104 valence electrons. The van der Waals surface area contributed by atoms with E-state index in [4.69, 9.17) is 14.6 Å². The molecule has 0 aliphatic heterocycles. The molecule has 19 heavy (non-hydrogen) atoms. The van der Waals surface area contributed by atoms with Crippen molar-refractivity contribution in [1.82, 2.24) is 0 Å². The second-order valence-electron chi connectivity index (χ2n) is 4.58. The van der Waals surface area contributed by atoms with Crippen molar-refractivity contribution in [2.75, 3.05) is 13.2 Å². The zero-order chi connectivity index (χ0) is 14.3. The van der Waals surface area contributed by atoms with Gasteiger partial charge in [-0.1, -0.05) is 26.0 Å². The van der Waals surface area contributed by atoms with Crippen LogP contribution in [0.1, 0.15) is 19.4 Å². The predicted molar refractivity (Wildman–Crippen MR) is 69.1 cm³/mol. The highest BCUT2D eigenvalue weighted by molar-refractivity contribution is 5.71. The summed E-state index contributed by atoms with van der Waals surface area (Å²) in [4.78, 5) is 21.8. The summed E-state index contributed by atoms with van der Waals surface area (Å²) in [6, 6.07) is 6.58. The molecule has 5 nitrogen and oxygen atoms in total. The van der Waals surface area contributed by atoms with E-state index in [0.29, 0.717) is 23.8 Å². The van der Waals surface area contributed by atoms with Crippen molar-refractivity contribution in [3.05, 3.63) is 29.8 Å². The van der Waals surface area contributed by atoms with Gasteiger partial charge < -0.3 is 14.6 Å². The molecule has 0 bridgehead atoms. The van der Waals surface area contributed by atoms with E-state index >= 15 is 0 Å². The Morgan fingerprint density at radius 1 is 1.21 bits per heavy atom. The third-order valence-corrected chi connectivity index (χ3v) is 2.21. The zero-order valence-electron chi connectivity index (χ0n) is 11.1. The molecule has 0 saturated heterocycles. The number of carboxylic acids is 1. The Balaban J connectivity index is 2.37. The molecule has 1 aromatic rings. The van der Waals surface area contributed by atoms with E-state index in [1.165, 1.54) is 0 Å². The number of aliphatic carboxylic acids is 1. The van der Waals surface area contributed by atoms with Gasteiger partial charge in [0.05, 0.1) is 13.0 Å². The van der Waals surface area contributed by atoms with E-state index in [9.17, 15) is 9.59 Å². The molecule has 0 aliphatic rings. The van der Waals surface area contributed by atoms with Gasteiger partial charge in [0.1, 0.15) is 5.75 Å². The summed E-state index contributed by atoms with van der Waals surface area (Å²) in [6.45, 7) is 4.13. The number of esters is 1. The fourth-order valence-corrected chi connectivity index (χ4v) is 1.32. The Labute approximate surface area is 112 Å². The summed E-state index contributed by atoms with van der Waals surface area (Å²) in [7, 11) is 0. The fourth-order valence-electron chi connectivity index (χ4n) is 1.32. The molecule has 1 aromatic carbocycles. The lowest BCUT2D eigenvalue weighted by atomic mass is 10.1. The van der Waals surface area contributed by atoms with Crippen molar-refractivity contribution >= 4 is 11.9 Å². The largest absolute Gasteiger partial charge is 0.482 e. The molecule has 0 radical (unpaired) electrons. The smallest absolute Gasteiger partial charge is 0.344 e. The number of rotatable bonds is 7. The summed E-state index contributed by atoms with van der Waals surface area (Å²) in [6.07, 6.45) is -0.0310. The van der Waals surface area contributed by atoms with Gasteiger partial charge in [0.25, 0.3) is 0 Å². The molecule has 0 heterocycles. The van der Waals surface area contributed by atoms with E-state index in [1.807, 2.05) is 13.8 Å². The number of hydrogen-bond donors (Lipinski definition) is 1. The maximum absolute atomic E-state index is 11.3. The average molecular weight is 266 g/mol. The number of ether oxygens (including phenoxy) is 2. The minimum absolute atomic E-state index is 0.0310. The standard InChI is InChI=1S/C14H18O5/c1-10(2)8-19-14(17)9-18-12-5-3-11(4-6-12)7-13(15)16/h3-6,10H,7-9H2,1-2H3,(H,15,16). The van der Waals surface area contributed by atoms with Gasteiger partial charge in [0, 0.05) is 0 Å². The summed E-state index contributed by atoms with van der Waals surface area (Å²) >= 11 is 0. The molecular weight excluding hydrogens is 248 g/mol. The van der Waals surface area contributed by atoms with Crippen molar-refractivity contribution in [3.8, 4) is 5.75 Å². The molecule has 0 aromatic heterocycles. The summed E-state index contributed by atoms with van der Waals surface area (Å²) in [5.74, 6) is -0.496. The summed E-state index contributed by atoms with van der Waals surface area (Å²) in [5, 5.41) is 8.62. The monoisotopic (exact) mass is 266 g/mol. The van der Waals surface area contributed by atoms with Gasteiger partial charge in [-0.05, 0) is 23.6 Å². The van der Waals surface area contributed by atoms with Crippen LogP contribution in [0.4, 0.5) is 0 Å². The molecule has 0 spiro atoms. The number of carboxylic acid groups (broad SMARTS) is 1. The third-order valence-electron chi connectivity index (χ3n) is 2.21. The van der Waals surface area contributed by atoms with Crippen LogP contribution < -0.4 is 4.74 Å². The molecule has 0 fully saturated rings. The number of carbonyl (C=O) groups is 2. The lowest BCUT2D eigenvalue weighted by molar-refractivity contribution is -0.147. The SMILES string of the molecule is CC(C)COC(=O)COc1ccc(CC(=O)O)cc1. The van der Waals surface area contributed by atoms with Gasteiger partial charge in [0.15, 0.2) is 6.61 Å². The van der Waals surface area contributed by atoms with Crippen LogP contribution in [-0.4, -0.2) is 30.3 Å². The van der Waals surface area contributed by atoms with Gasteiger partial charge in [0.2, 0.25) is 0 Å². The van der Waals surface area contributed by atoms with E-state index in [2.05, 4.69) is 0 Å². The van der Waals surface area contributed by atoms with Crippen molar-refractivity contribution in [2.24, 2.45) is 5.92 Å². The fraction of sp³-hybridized carbons (Fsp3) is 0.429. The van der Waals surface area contributed by atoms with E-state index in [1.54, 1.807) is 24.3 Å². The molecular formula is C14H18O5. The Bertz CT molecular complexity index is 422. The lowest BCUT2D eigenvalue weighted by Gasteiger charge is -2.08. The van der Waals surface area contributed by atoms with Crippen molar-refractivity contribution in [1.29, 1.82) is 0 Å². The third kappa shape index (κ3) is 6.45. The van der Waals surface area contributed by atoms with Crippen molar-refractivity contribution < 1.29 is 24.2 Å². The number of benzene rings is 1. The van der Waals surface area contributed by atoms with Crippen molar-refractivity contribution in [2.45, 2.75) is 20.3 Å². The van der Waals surface area contributed by atoms with Crippen LogP contribution in [0.15, 0.2) is 24.3 Å². The second-order valence-corrected chi connectivity index (χ2v) is 4.58. The highest BCUT2D eigenvalue weighted by Gasteiger charge is 2.06. The predicted octanol–water partition coefficient (Wildman–Crippen LogP) is 1.89. The summed E-state index contributed by atoms with van der Waals surface area (Å²) in [5.41, 5.74) is 0.683. The number of carbonyl (C=O) groups excluding carboxylic acids is 1. The average Bonchev–Trinajstić information content (AvgIpc) is 2.35. The second kappa shape index (κ2) is 7.41. The van der Waals surface area contributed by atoms with E-state index in [-0.39, 0.29) is 13.0 Å². The van der Waals surface area contributed by atoms with Gasteiger partial charge in [-0.25, -0.2) is 4.79 Å². The van der Waals surface area contributed by atoms with E-state index in [0.717, 1.165) is 0 Å². The lowest BCUT2D eigenvalue weighted by Crippen LogP contribution is -2.17. The molecule has 5 heteroatoms. The van der Waals surface area contributed by atoms with Crippen LogP contribution in [0.2, 0.25) is 0 Å². The molecule has 1 rings (SSSR count). The maximum Gasteiger partial charge on any atom is 0.344 e. The van der Waals surface area contributed by atoms with Crippen LogP contribution in [0.25, 0.3) is 0 Å². The Kier molecular flexibility index (Phi) is 5.85. The highest BCUT2D eigenvalue weighted by atomic mass is 16.6. The first-order valence-electron chi connectivity index (χ1n) is 6.06. The molecule has 0 amide bonds. The molecule has 1 N–H and O–H groups in total. The number of hydrogen-bond acceptors (Lipinski definition) is 4. The highest BCUT2D eigenvalue weighted by Crippen LogP contribution is 2.12. The zero-order valence-corrected chi connectivity index (χ0v) is 11.1. The molecule has 0 atom stereocenters. The minimum atomic E-state index is -0.883. The van der Waals surface area contributed by atoms with Crippen LogP contribution in [0.3, 0.4) is 0 Å². The quantitative estimate of drug-likeness (QED) is 0.763. The van der Waals surface area contributed by atoms with Crippen molar-refractivity contribution in [3.63, 3.8) is 0 Å². The summed E-state index contributed by atoms with van der Waals surface area (Å²) < 4.78 is 10.2. The van der Waals surface area contributed by atoms with Gasteiger partial charge in [-0.3, -0.25) is 4.79 Å². The molecule has 0 unspecified atom stereocenters. The molecule has 0 saturated carbocycles. The normalized spacial score (nSPS) is 10.3.